The van der Waals surface area contributed by atoms with Gasteiger partial charge in [-0.25, -0.2) is 0 Å². The fourth-order valence-electron chi connectivity index (χ4n) is 2.36. The van der Waals surface area contributed by atoms with E-state index in [4.69, 9.17) is 5.73 Å². The molecule has 0 aromatic rings. The number of likely N-dealkylation sites (tertiary alicyclic amines) is 1. The van der Waals surface area contributed by atoms with Crippen LogP contribution in [0.5, 0.6) is 0 Å². The molecule has 0 spiro atoms. The fraction of sp³-hybridized carbons (Fsp3) is 0.917. The second-order valence-corrected chi connectivity index (χ2v) is 5.48. The lowest BCUT2D eigenvalue weighted by molar-refractivity contribution is -0.161. The van der Waals surface area contributed by atoms with Gasteiger partial charge in [0, 0.05) is 0 Å². The summed E-state index contributed by atoms with van der Waals surface area (Å²) in [5.74, 6) is 0.637. The first kappa shape index (κ1) is 11.9. The van der Waals surface area contributed by atoms with Crippen molar-refractivity contribution in [1.82, 2.24) is 4.90 Å². The summed E-state index contributed by atoms with van der Waals surface area (Å²) in [5.41, 5.74) is 5.30. The lowest BCUT2D eigenvalue weighted by Gasteiger charge is -2.48. The molecule has 16 heavy (non-hydrogen) atoms. The number of aliphatic hydroxyl groups is 1. The molecule has 1 unspecified atom stereocenters. The molecule has 1 amide bonds. The number of rotatable bonds is 4. The van der Waals surface area contributed by atoms with Gasteiger partial charge in [-0.1, -0.05) is 20.3 Å². The van der Waals surface area contributed by atoms with Crippen LogP contribution in [-0.2, 0) is 4.79 Å². The van der Waals surface area contributed by atoms with E-state index < -0.39 is 11.6 Å². The Morgan fingerprint density at radius 3 is 2.56 bits per heavy atom. The van der Waals surface area contributed by atoms with Crippen molar-refractivity contribution >= 4 is 5.91 Å². The van der Waals surface area contributed by atoms with E-state index in [0.29, 0.717) is 19.0 Å². The van der Waals surface area contributed by atoms with Crippen molar-refractivity contribution in [2.24, 2.45) is 17.6 Å². The summed E-state index contributed by atoms with van der Waals surface area (Å²) >= 11 is 0. The lowest BCUT2D eigenvalue weighted by atomic mass is 9.87. The third-order valence-corrected chi connectivity index (χ3v) is 4.12. The number of amides is 1. The van der Waals surface area contributed by atoms with Crippen molar-refractivity contribution in [2.45, 2.75) is 44.8 Å². The van der Waals surface area contributed by atoms with E-state index >= 15 is 0 Å². The molecule has 0 aromatic heterocycles. The van der Waals surface area contributed by atoms with E-state index in [-0.39, 0.29) is 11.8 Å². The molecule has 0 aromatic carbocycles. The Bertz CT molecular complexity index is 283. The van der Waals surface area contributed by atoms with Crippen molar-refractivity contribution < 1.29 is 9.90 Å². The number of carbonyl (C=O) groups excluding carboxylic acids is 1. The Morgan fingerprint density at radius 2 is 2.12 bits per heavy atom. The van der Waals surface area contributed by atoms with E-state index in [9.17, 15) is 9.90 Å². The number of nitrogens with two attached hydrogens (primary N) is 1. The van der Waals surface area contributed by atoms with Crippen LogP contribution in [0, 0.1) is 11.8 Å². The van der Waals surface area contributed by atoms with Crippen LogP contribution in [0.4, 0.5) is 0 Å². The van der Waals surface area contributed by atoms with E-state index in [1.165, 1.54) is 0 Å². The SMILES string of the molecule is CCC(C)[C@H](N)C(=O)N1CC(O)(C2CC2)C1. The second kappa shape index (κ2) is 4.00. The zero-order valence-corrected chi connectivity index (χ0v) is 10.1. The van der Waals surface area contributed by atoms with Gasteiger partial charge >= 0.3 is 0 Å². The molecule has 1 aliphatic heterocycles. The predicted molar refractivity (Wildman–Crippen MR) is 61.7 cm³/mol. The van der Waals surface area contributed by atoms with Crippen molar-refractivity contribution in [3.63, 3.8) is 0 Å². The first-order chi connectivity index (χ1) is 7.48. The number of hydrogen-bond donors (Lipinski definition) is 2. The van der Waals surface area contributed by atoms with Crippen molar-refractivity contribution in [3.8, 4) is 0 Å². The van der Waals surface area contributed by atoms with Crippen LogP contribution in [0.1, 0.15) is 33.1 Å². The topological polar surface area (TPSA) is 66.6 Å². The minimum atomic E-state index is -0.592. The van der Waals surface area contributed by atoms with Crippen molar-refractivity contribution in [2.75, 3.05) is 13.1 Å². The Kier molecular flexibility index (Phi) is 2.97. The molecule has 0 bridgehead atoms. The fourth-order valence-corrected chi connectivity index (χ4v) is 2.36. The zero-order valence-electron chi connectivity index (χ0n) is 10.1. The van der Waals surface area contributed by atoms with E-state index in [1.807, 2.05) is 13.8 Å². The van der Waals surface area contributed by atoms with E-state index in [0.717, 1.165) is 19.3 Å². The van der Waals surface area contributed by atoms with Gasteiger partial charge in [-0.2, -0.15) is 0 Å². The molecule has 3 N–H and O–H groups in total. The molecule has 2 aliphatic rings. The summed E-state index contributed by atoms with van der Waals surface area (Å²) in [7, 11) is 0. The molecule has 1 aliphatic carbocycles. The Labute approximate surface area is 96.8 Å². The Balaban J connectivity index is 1.84. The third-order valence-electron chi connectivity index (χ3n) is 4.12. The first-order valence-electron chi connectivity index (χ1n) is 6.24. The van der Waals surface area contributed by atoms with Gasteiger partial charge in [0.05, 0.1) is 19.1 Å². The largest absolute Gasteiger partial charge is 0.386 e. The van der Waals surface area contributed by atoms with Crippen LogP contribution in [-0.4, -0.2) is 40.6 Å². The maximum Gasteiger partial charge on any atom is 0.239 e. The van der Waals surface area contributed by atoms with Crippen LogP contribution in [0.15, 0.2) is 0 Å². The second-order valence-electron chi connectivity index (χ2n) is 5.48. The highest BCUT2D eigenvalue weighted by atomic mass is 16.3. The van der Waals surface area contributed by atoms with Crippen LogP contribution in [0.3, 0.4) is 0 Å². The summed E-state index contributed by atoms with van der Waals surface area (Å²) < 4.78 is 0. The molecule has 0 radical (unpaired) electrons. The molecule has 2 rings (SSSR count). The van der Waals surface area contributed by atoms with Gasteiger partial charge in [-0.15, -0.1) is 0 Å². The molecule has 2 atom stereocenters. The van der Waals surface area contributed by atoms with Crippen LogP contribution in [0.2, 0.25) is 0 Å². The van der Waals surface area contributed by atoms with Gasteiger partial charge in [-0.05, 0) is 24.7 Å². The highest BCUT2D eigenvalue weighted by Gasteiger charge is 2.53. The van der Waals surface area contributed by atoms with Gasteiger partial charge in [-0.3, -0.25) is 4.79 Å². The smallest absolute Gasteiger partial charge is 0.239 e. The Morgan fingerprint density at radius 1 is 1.56 bits per heavy atom. The molecular formula is C12H22N2O2. The molecule has 1 saturated heterocycles. The lowest BCUT2D eigenvalue weighted by Crippen LogP contribution is -2.67. The summed E-state index contributed by atoms with van der Waals surface area (Å²) in [6.07, 6.45) is 3.12. The van der Waals surface area contributed by atoms with Gasteiger partial charge < -0.3 is 15.7 Å². The standard InChI is InChI=1S/C12H22N2O2/c1-3-8(2)10(13)11(15)14-6-12(16,7-14)9-4-5-9/h8-10,16H,3-7,13H2,1-2H3/t8?,10-/m0/s1. The molecule has 4 heteroatoms. The summed E-state index contributed by atoms with van der Waals surface area (Å²) in [6, 6.07) is -0.409. The van der Waals surface area contributed by atoms with Crippen molar-refractivity contribution in [1.29, 1.82) is 0 Å². The maximum absolute atomic E-state index is 11.9. The van der Waals surface area contributed by atoms with Gasteiger partial charge in [0.15, 0.2) is 0 Å². The number of carbonyl (C=O) groups is 1. The third kappa shape index (κ3) is 1.96. The quantitative estimate of drug-likeness (QED) is 0.726. The molecule has 1 saturated carbocycles. The van der Waals surface area contributed by atoms with Crippen LogP contribution < -0.4 is 5.73 Å². The number of hydrogen-bond acceptors (Lipinski definition) is 3. The highest BCUT2D eigenvalue weighted by molar-refractivity contribution is 5.83. The summed E-state index contributed by atoms with van der Waals surface area (Å²) in [4.78, 5) is 13.6. The highest BCUT2D eigenvalue weighted by Crippen LogP contribution is 2.44. The van der Waals surface area contributed by atoms with E-state index in [2.05, 4.69) is 0 Å². The van der Waals surface area contributed by atoms with Gasteiger partial charge in [0.1, 0.15) is 5.60 Å². The van der Waals surface area contributed by atoms with Crippen molar-refractivity contribution in [3.05, 3.63) is 0 Å². The molecule has 92 valence electrons. The summed E-state index contributed by atoms with van der Waals surface area (Å²) in [6.45, 7) is 5.01. The predicted octanol–water partition coefficient (Wildman–Crippen LogP) is 0.343. The van der Waals surface area contributed by atoms with E-state index in [1.54, 1.807) is 4.90 Å². The molecule has 4 nitrogen and oxygen atoms in total. The summed E-state index contributed by atoms with van der Waals surface area (Å²) in [5, 5.41) is 10.1. The zero-order chi connectivity index (χ0) is 11.9. The number of β-amino-alcohol motifs (C(OH)–C–C–N with tert-alkyl or cyclic N) is 1. The minimum Gasteiger partial charge on any atom is -0.386 e. The minimum absolute atomic E-state index is 0.000301. The monoisotopic (exact) mass is 226 g/mol. The maximum atomic E-state index is 11.9. The van der Waals surface area contributed by atoms with Gasteiger partial charge in [0.25, 0.3) is 0 Å². The number of nitrogens with zero attached hydrogens (tertiary/aromatic N) is 1. The van der Waals surface area contributed by atoms with Gasteiger partial charge in [0.2, 0.25) is 5.91 Å². The average Bonchev–Trinajstić information content (AvgIpc) is 3.05. The van der Waals surface area contributed by atoms with Crippen LogP contribution >= 0.6 is 0 Å². The molecule has 1 heterocycles. The Hall–Kier alpha value is -0.610. The van der Waals surface area contributed by atoms with Crippen LogP contribution in [0.25, 0.3) is 0 Å². The molecular weight excluding hydrogens is 204 g/mol. The molecule has 2 fully saturated rings. The normalized spacial score (nSPS) is 27.1. The first-order valence-corrected chi connectivity index (χ1v) is 6.24. The average molecular weight is 226 g/mol.